The second-order valence-electron chi connectivity index (χ2n) is 5.56. The van der Waals surface area contributed by atoms with E-state index in [1.165, 1.54) is 24.8 Å². The summed E-state index contributed by atoms with van der Waals surface area (Å²) in [4.78, 5) is 0. The molecule has 1 aromatic rings. The molecule has 1 aliphatic rings. The van der Waals surface area contributed by atoms with Gasteiger partial charge in [0.25, 0.3) is 0 Å². The van der Waals surface area contributed by atoms with Crippen LogP contribution in [0.5, 0.6) is 0 Å². The molecule has 0 aromatic heterocycles. The fourth-order valence-electron chi connectivity index (χ4n) is 2.96. The average Bonchev–Trinajstić information content (AvgIpc) is 2.43. The first-order valence-corrected chi connectivity index (χ1v) is 7.25. The Morgan fingerprint density at radius 3 is 2.84 bits per heavy atom. The second-order valence-corrected chi connectivity index (χ2v) is 5.56. The van der Waals surface area contributed by atoms with Crippen molar-refractivity contribution in [1.29, 1.82) is 0 Å². The molecule has 0 N–H and O–H groups in total. The van der Waals surface area contributed by atoms with Gasteiger partial charge in [-0.05, 0) is 49.7 Å². The number of benzene rings is 1. The van der Waals surface area contributed by atoms with Gasteiger partial charge in [0.15, 0.2) is 0 Å². The minimum absolute atomic E-state index is 0.624. The molecule has 0 radical (unpaired) electrons. The fourth-order valence-corrected chi connectivity index (χ4v) is 2.96. The molecule has 0 saturated carbocycles. The Morgan fingerprint density at radius 1 is 1.26 bits per heavy atom. The molecule has 0 heteroatoms. The first-order valence-electron chi connectivity index (χ1n) is 7.25. The van der Waals surface area contributed by atoms with Crippen LogP contribution in [0.2, 0.25) is 0 Å². The standard InChI is InChI=1S/C19H24/c1-4-5-6-10-18-14-16(3)19-11-8-7-9-17(19)13-12-15(18)2/h4-9,11,16H,1,10,12-14H2,2-3H3/b6-5?,18-15-. The van der Waals surface area contributed by atoms with E-state index in [1.54, 1.807) is 16.7 Å². The van der Waals surface area contributed by atoms with E-state index in [4.69, 9.17) is 0 Å². The summed E-state index contributed by atoms with van der Waals surface area (Å²) in [7, 11) is 0. The summed E-state index contributed by atoms with van der Waals surface area (Å²) in [6.45, 7) is 8.40. The molecule has 0 saturated heterocycles. The maximum Gasteiger partial charge on any atom is -0.0133 e. The molecule has 19 heavy (non-hydrogen) atoms. The number of aryl methyl sites for hydroxylation is 1. The summed E-state index contributed by atoms with van der Waals surface area (Å²) < 4.78 is 0. The Labute approximate surface area is 117 Å². The molecule has 0 nitrogen and oxygen atoms in total. The summed E-state index contributed by atoms with van der Waals surface area (Å²) >= 11 is 0. The highest BCUT2D eigenvalue weighted by Crippen LogP contribution is 2.33. The van der Waals surface area contributed by atoms with E-state index in [1.807, 2.05) is 6.08 Å². The van der Waals surface area contributed by atoms with Crippen molar-refractivity contribution in [2.24, 2.45) is 0 Å². The Balaban J connectivity index is 2.23. The molecule has 1 aromatic carbocycles. The number of fused-ring (bicyclic) bond motifs is 1. The lowest BCUT2D eigenvalue weighted by Crippen LogP contribution is -2.06. The third kappa shape index (κ3) is 3.47. The van der Waals surface area contributed by atoms with E-state index in [2.05, 4.69) is 56.8 Å². The predicted molar refractivity (Wildman–Crippen MR) is 84.4 cm³/mol. The smallest absolute Gasteiger partial charge is 0.0133 e. The van der Waals surface area contributed by atoms with Crippen molar-refractivity contribution in [2.45, 2.75) is 45.4 Å². The van der Waals surface area contributed by atoms with Crippen LogP contribution in [0.25, 0.3) is 0 Å². The van der Waals surface area contributed by atoms with Crippen LogP contribution in [0, 0.1) is 0 Å². The van der Waals surface area contributed by atoms with E-state index in [-0.39, 0.29) is 0 Å². The van der Waals surface area contributed by atoms with Crippen molar-refractivity contribution in [3.05, 3.63) is 71.3 Å². The molecule has 1 unspecified atom stereocenters. The van der Waals surface area contributed by atoms with Crippen molar-refractivity contribution in [3.63, 3.8) is 0 Å². The van der Waals surface area contributed by atoms with Gasteiger partial charge in [-0.2, -0.15) is 0 Å². The summed E-state index contributed by atoms with van der Waals surface area (Å²) in [6, 6.07) is 8.93. The maximum atomic E-state index is 3.74. The van der Waals surface area contributed by atoms with Crippen molar-refractivity contribution >= 4 is 0 Å². The van der Waals surface area contributed by atoms with E-state index < -0.39 is 0 Å². The first-order chi connectivity index (χ1) is 9.22. The number of hydrogen-bond acceptors (Lipinski definition) is 0. The third-order valence-corrected chi connectivity index (χ3v) is 4.15. The van der Waals surface area contributed by atoms with Crippen LogP contribution in [0.3, 0.4) is 0 Å². The van der Waals surface area contributed by atoms with Crippen LogP contribution in [-0.4, -0.2) is 0 Å². The van der Waals surface area contributed by atoms with Crippen molar-refractivity contribution in [3.8, 4) is 0 Å². The molecule has 0 fully saturated rings. The van der Waals surface area contributed by atoms with Gasteiger partial charge in [-0.3, -0.25) is 0 Å². The Kier molecular flexibility index (Phi) is 4.79. The maximum absolute atomic E-state index is 3.74. The highest BCUT2D eigenvalue weighted by molar-refractivity contribution is 5.34. The van der Waals surface area contributed by atoms with Gasteiger partial charge in [0.1, 0.15) is 0 Å². The third-order valence-electron chi connectivity index (χ3n) is 4.15. The SMILES string of the molecule is C=CC=CC/C1=C(\C)CCc2ccccc2C(C)C1. The largest absolute Gasteiger partial charge is 0.0991 e. The van der Waals surface area contributed by atoms with E-state index in [9.17, 15) is 0 Å². The Bertz CT molecular complexity index is 503. The van der Waals surface area contributed by atoms with E-state index in [0.29, 0.717) is 5.92 Å². The minimum Gasteiger partial charge on any atom is -0.0991 e. The minimum atomic E-state index is 0.624. The highest BCUT2D eigenvalue weighted by atomic mass is 14.2. The van der Waals surface area contributed by atoms with Crippen LogP contribution < -0.4 is 0 Å². The number of allylic oxidation sites excluding steroid dienone is 5. The van der Waals surface area contributed by atoms with E-state index in [0.717, 1.165) is 6.42 Å². The van der Waals surface area contributed by atoms with Crippen LogP contribution >= 0.6 is 0 Å². The summed E-state index contributed by atoms with van der Waals surface area (Å²) in [5.74, 6) is 0.624. The quantitative estimate of drug-likeness (QED) is 0.487. The second kappa shape index (κ2) is 6.56. The zero-order chi connectivity index (χ0) is 13.7. The molecule has 2 rings (SSSR count). The van der Waals surface area contributed by atoms with Crippen LogP contribution in [0.15, 0.2) is 60.2 Å². The zero-order valence-corrected chi connectivity index (χ0v) is 12.2. The summed E-state index contributed by atoms with van der Waals surface area (Å²) in [5.41, 5.74) is 6.27. The molecule has 1 aliphatic carbocycles. The predicted octanol–water partition coefficient (Wildman–Crippen LogP) is 5.58. The van der Waals surface area contributed by atoms with Crippen molar-refractivity contribution in [2.75, 3.05) is 0 Å². The molecule has 0 aliphatic heterocycles. The molecule has 0 heterocycles. The normalized spacial score (nSPS) is 23.8. The molecular formula is C19H24. The van der Waals surface area contributed by atoms with Gasteiger partial charge >= 0.3 is 0 Å². The lowest BCUT2D eigenvalue weighted by molar-refractivity contribution is 0.695. The molecule has 0 spiro atoms. The van der Waals surface area contributed by atoms with Gasteiger partial charge in [-0.25, -0.2) is 0 Å². The zero-order valence-electron chi connectivity index (χ0n) is 12.2. The van der Waals surface area contributed by atoms with Gasteiger partial charge in [-0.15, -0.1) is 0 Å². The van der Waals surface area contributed by atoms with Gasteiger partial charge in [0, 0.05) is 0 Å². The highest BCUT2D eigenvalue weighted by Gasteiger charge is 2.16. The molecule has 1 atom stereocenters. The van der Waals surface area contributed by atoms with Gasteiger partial charge in [0.05, 0.1) is 0 Å². The first kappa shape index (κ1) is 13.9. The van der Waals surface area contributed by atoms with Crippen molar-refractivity contribution in [1.82, 2.24) is 0 Å². The lowest BCUT2D eigenvalue weighted by Gasteiger charge is -2.23. The van der Waals surface area contributed by atoms with Gasteiger partial charge in [-0.1, -0.05) is 67.1 Å². The monoisotopic (exact) mass is 252 g/mol. The molecule has 100 valence electrons. The van der Waals surface area contributed by atoms with Crippen molar-refractivity contribution < 1.29 is 0 Å². The van der Waals surface area contributed by atoms with Gasteiger partial charge < -0.3 is 0 Å². The number of rotatable bonds is 3. The van der Waals surface area contributed by atoms with Gasteiger partial charge in [0.2, 0.25) is 0 Å². The fraction of sp³-hybridized carbons (Fsp3) is 0.368. The van der Waals surface area contributed by atoms with E-state index >= 15 is 0 Å². The Hall–Kier alpha value is -1.56. The molecular weight excluding hydrogens is 228 g/mol. The summed E-state index contributed by atoms with van der Waals surface area (Å²) in [6.07, 6.45) is 10.8. The summed E-state index contributed by atoms with van der Waals surface area (Å²) in [5, 5.41) is 0. The number of hydrogen-bond donors (Lipinski definition) is 0. The van der Waals surface area contributed by atoms with Crippen LogP contribution in [-0.2, 0) is 6.42 Å². The lowest BCUT2D eigenvalue weighted by atomic mass is 9.82. The Morgan fingerprint density at radius 2 is 2.05 bits per heavy atom. The molecule has 0 bridgehead atoms. The average molecular weight is 252 g/mol. The van der Waals surface area contributed by atoms with Crippen LogP contribution in [0.4, 0.5) is 0 Å². The topological polar surface area (TPSA) is 0 Å². The molecule has 0 amide bonds. The van der Waals surface area contributed by atoms with Crippen LogP contribution in [0.1, 0.15) is 50.2 Å².